The Morgan fingerprint density at radius 3 is 2.68 bits per heavy atom. The summed E-state index contributed by atoms with van der Waals surface area (Å²) in [5.74, 6) is 0.0960. The fourth-order valence-electron chi connectivity index (χ4n) is 2.61. The van der Waals surface area contributed by atoms with Gasteiger partial charge in [0, 0.05) is 17.5 Å². The lowest BCUT2D eigenvalue weighted by molar-refractivity contribution is -0.123. The molecule has 2 rings (SSSR count). The molecule has 19 heavy (non-hydrogen) atoms. The lowest BCUT2D eigenvalue weighted by atomic mass is 9.63. The summed E-state index contributed by atoms with van der Waals surface area (Å²) in [6, 6.07) is 6.64. The van der Waals surface area contributed by atoms with E-state index in [0.29, 0.717) is 6.42 Å². The van der Waals surface area contributed by atoms with Crippen LogP contribution in [0.3, 0.4) is 0 Å². The smallest absolute Gasteiger partial charge is 0.224 e. The first-order valence-electron chi connectivity index (χ1n) is 6.92. The van der Waals surface area contributed by atoms with E-state index in [1.807, 2.05) is 6.92 Å². The average Bonchev–Trinajstić information content (AvgIpc) is 2.33. The van der Waals surface area contributed by atoms with Crippen molar-refractivity contribution in [2.45, 2.75) is 52.6 Å². The molecule has 3 heteroatoms. The van der Waals surface area contributed by atoms with Crippen LogP contribution in [0.5, 0.6) is 0 Å². The summed E-state index contributed by atoms with van der Waals surface area (Å²) < 4.78 is 0. The van der Waals surface area contributed by atoms with Crippen molar-refractivity contribution in [3.8, 4) is 0 Å². The third-order valence-electron chi connectivity index (χ3n) is 4.53. The minimum Gasteiger partial charge on any atom is -0.352 e. The quantitative estimate of drug-likeness (QED) is 0.874. The van der Waals surface area contributed by atoms with E-state index in [1.54, 1.807) is 0 Å². The molecular formula is C16H24N2O. The second-order valence-corrected chi connectivity index (χ2v) is 6.39. The maximum atomic E-state index is 12.1. The van der Waals surface area contributed by atoms with Gasteiger partial charge in [-0.1, -0.05) is 37.6 Å². The standard InChI is InChI=1S/C16H24N2O/c1-10-5-6-11(2)12(7-10)8-15(19)18-14-9-13(17)16(14,3)4/h5-7,13-14H,8-9,17H2,1-4H3,(H,18,19). The van der Waals surface area contributed by atoms with Crippen LogP contribution < -0.4 is 11.1 Å². The summed E-state index contributed by atoms with van der Waals surface area (Å²) in [7, 11) is 0. The van der Waals surface area contributed by atoms with Crippen molar-refractivity contribution in [2.24, 2.45) is 11.1 Å². The van der Waals surface area contributed by atoms with Crippen molar-refractivity contribution in [2.75, 3.05) is 0 Å². The van der Waals surface area contributed by atoms with Crippen LogP contribution >= 0.6 is 0 Å². The Bertz CT molecular complexity index is 494. The van der Waals surface area contributed by atoms with Gasteiger partial charge in [-0.15, -0.1) is 0 Å². The fourth-order valence-corrected chi connectivity index (χ4v) is 2.61. The predicted octanol–water partition coefficient (Wildman–Crippen LogP) is 2.09. The van der Waals surface area contributed by atoms with Crippen molar-refractivity contribution >= 4 is 5.91 Å². The minimum atomic E-state index is 0.0112. The van der Waals surface area contributed by atoms with E-state index in [1.165, 1.54) is 11.1 Å². The highest BCUT2D eigenvalue weighted by molar-refractivity contribution is 5.79. The zero-order valence-corrected chi connectivity index (χ0v) is 12.3. The second-order valence-electron chi connectivity index (χ2n) is 6.39. The van der Waals surface area contributed by atoms with Crippen LogP contribution in [0.1, 0.15) is 37.0 Å². The maximum absolute atomic E-state index is 12.1. The van der Waals surface area contributed by atoms with Gasteiger partial charge >= 0.3 is 0 Å². The summed E-state index contributed by atoms with van der Waals surface area (Å²) in [5, 5.41) is 3.11. The highest BCUT2D eigenvalue weighted by Gasteiger charge is 2.46. The number of carbonyl (C=O) groups is 1. The largest absolute Gasteiger partial charge is 0.352 e. The minimum absolute atomic E-state index is 0.0112. The van der Waals surface area contributed by atoms with E-state index in [4.69, 9.17) is 5.73 Å². The fraction of sp³-hybridized carbons (Fsp3) is 0.562. The summed E-state index contributed by atoms with van der Waals surface area (Å²) in [4.78, 5) is 12.1. The van der Waals surface area contributed by atoms with Gasteiger partial charge in [0.15, 0.2) is 0 Å². The molecule has 0 saturated heterocycles. The normalized spacial score (nSPS) is 24.7. The van der Waals surface area contributed by atoms with Crippen molar-refractivity contribution in [1.82, 2.24) is 5.32 Å². The lowest BCUT2D eigenvalue weighted by Gasteiger charge is -2.50. The molecule has 1 aromatic carbocycles. The van der Waals surface area contributed by atoms with Crippen molar-refractivity contribution in [3.05, 3.63) is 34.9 Å². The van der Waals surface area contributed by atoms with Gasteiger partial charge in [-0.25, -0.2) is 0 Å². The Morgan fingerprint density at radius 2 is 2.11 bits per heavy atom. The van der Waals surface area contributed by atoms with Gasteiger partial charge in [-0.2, -0.15) is 0 Å². The SMILES string of the molecule is Cc1ccc(C)c(CC(=O)NC2CC(N)C2(C)C)c1. The van der Waals surface area contributed by atoms with E-state index in [0.717, 1.165) is 12.0 Å². The number of amides is 1. The topological polar surface area (TPSA) is 55.1 Å². The molecule has 0 aliphatic heterocycles. The van der Waals surface area contributed by atoms with E-state index in [-0.39, 0.29) is 23.4 Å². The predicted molar refractivity (Wildman–Crippen MR) is 77.9 cm³/mol. The van der Waals surface area contributed by atoms with Crippen molar-refractivity contribution in [1.29, 1.82) is 0 Å². The van der Waals surface area contributed by atoms with E-state index in [2.05, 4.69) is 44.3 Å². The van der Waals surface area contributed by atoms with Crippen molar-refractivity contribution in [3.63, 3.8) is 0 Å². The van der Waals surface area contributed by atoms with Crippen LogP contribution in [0, 0.1) is 19.3 Å². The zero-order valence-electron chi connectivity index (χ0n) is 12.3. The Hall–Kier alpha value is -1.35. The van der Waals surface area contributed by atoms with Gasteiger partial charge in [0.05, 0.1) is 6.42 Å². The van der Waals surface area contributed by atoms with Gasteiger partial charge in [-0.05, 0) is 31.4 Å². The Labute approximate surface area is 115 Å². The second kappa shape index (κ2) is 4.97. The van der Waals surface area contributed by atoms with Crippen LogP contribution in [-0.4, -0.2) is 18.0 Å². The Balaban J connectivity index is 1.97. The molecule has 2 atom stereocenters. The molecule has 1 aliphatic rings. The summed E-state index contributed by atoms with van der Waals surface area (Å²) in [6.45, 7) is 8.33. The Kier molecular flexibility index (Phi) is 3.68. The van der Waals surface area contributed by atoms with Gasteiger partial charge < -0.3 is 11.1 Å². The number of nitrogens with one attached hydrogen (secondary N) is 1. The van der Waals surface area contributed by atoms with Crippen LogP contribution in [0.4, 0.5) is 0 Å². The first-order valence-corrected chi connectivity index (χ1v) is 6.92. The first kappa shape index (κ1) is 14.1. The number of hydrogen-bond donors (Lipinski definition) is 2. The van der Waals surface area contributed by atoms with E-state index < -0.39 is 0 Å². The number of benzene rings is 1. The van der Waals surface area contributed by atoms with Crippen LogP contribution in [0.25, 0.3) is 0 Å². The molecule has 104 valence electrons. The lowest BCUT2D eigenvalue weighted by Crippen LogP contribution is -2.64. The highest BCUT2D eigenvalue weighted by atomic mass is 16.1. The maximum Gasteiger partial charge on any atom is 0.224 e. The third-order valence-corrected chi connectivity index (χ3v) is 4.53. The monoisotopic (exact) mass is 260 g/mol. The summed E-state index contributed by atoms with van der Waals surface area (Å²) in [6.07, 6.45) is 1.33. The molecule has 1 aromatic rings. The van der Waals surface area contributed by atoms with Gasteiger partial charge in [0.25, 0.3) is 0 Å². The van der Waals surface area contributed by atoms with Crippen LogP contribution in [-0.2, 0) is 11.2 Å². The molecule has 3 N–H and O–H groups in total. The van der Waals surface area contributed by atoms with Crippen molar-refractivity contribution < 1.29 is 4.79 Å². The Morgan fingerprint density at radius 1 is 1.42 bits per heavy atom. The average molecular weight is 260 g/mol. The van der Waals surface area contributed by atoms with E-state index >= 15 is 0 Å². The number of carbonyl (C=O) groups excluding carboxylic acids is 1. The zero-order chi connectivity index (χ0) is 14.2. The number of rotatable bonds is 3. The number of aryl methyl sites for hydroxylation is 2. The molecule has 1 saturated carbocycles. The highest BCUT2D eigenvalue weighted by Crippen LogP contribution is 2.38. The molecule has 3 nitrogen and oxygen atoms in total. The van der Waals surface area contributed by atoms with Crippen LogP contribution in [0.2, 0.25) is 0 Å². The molecule has 0 heterocycles. The van der Waals surface area contributed by atoms with Gasteiger partial charge in [0.1, 0.15) is 0 Å². The number of hydrogen-bond acceptors (Lipinski definition) is 2. The molecule has 2 unspecified atom stereocenters. The third kappa shape index (κ3) is 2.81. The summed E-state index contributed by atoms with van der Waals surface area (Å²) in [5.41, 5.74) is 9.45. The molecule has 0 spiro atoms. The summed E-state index contributed by atoms with van der Waals surface area (Å²) >= 11 is 0. The molecule has 0 radical (unpaired) electrons. The van der Waals surface area contributed by atoms with Gasteiger partial charge in [0.2, 0.25) is 5.91 Å². The first-order chi connectivity index (χ1) is 8.80. The molecule has 0 aromatic heterocycles. The number of nitrogens with two attached hydrogens (primary N) is 1. The molecule has 1 fully saturated rings. The molecular weight excluding hydrogens is 236 g/mol. The van der Waals surface area contributed by atoms with Crippen LogP contribution in [0.15, 0.2) is 18.2 Å². The van der Waals surface area contributed by atoms with Gasteiger partial charge in [-0.3, -0.25) is 4.79 Å². The molecule has 1 aliphatic carbocycles. The van der Waals surface area contributed by atoms with E-state index in [9.17, 15) is 4.79 Å². The molecule has 1 amide bonds. The molecule has 0 bridgehead atoms.